The molecule has 0 amide bonds. The molecule has 1 saturated carbocycles. The summed E-state index contributed by atoms with van der Waals surface area (Å²) in [5.74, 6) is 1.55. The molecular formula is C32H34ClNO2P+. The highest BCUT2D eigenvalue weighted by Crippen LogP contribution is 2.71. The smallest absolute Gasteiger partial charge is 0.182 e. The van der Waals surface area contributed by atoms with Gasteiger partial charge in [0.1, 0.15) is 22.1 Å². The minimum absolute atomic E-state index is 0.371. The fraction of sp³-hybridized carbons (Fsp3) is 0.250. The number of halogens is 1. The number of rotatable bonds is 7. The molecule has 4 aromatic rings. The van der Waals surface area contributed by atoms with Crippen molar-refractivity contribution in [3.05, 3.63) is 91.0 Å². The Labute approximate surface area is 225 Å². The van der Waals surface area contributed by atoms with Gasteiger partial charge in [0.15, 0.2) is 6.62 Å². The molecule has 0 saturated heterocycles. The lowest BCUT2D eigenvalue weighted by Crippen LogP contribution is -2.31. The van der Waals surface area contributed by atoms with Crippen molar-refractivity contribution < 1.29 is 9.47 Å². The monoisotopic (exact) mass is 530 g/mol. The summed E-state index contributed by atoms with van der Waals surface area (Å²) in [5.41, 5.74) is 11.8. The summed E-state index contributed by atoms with van der Waals surface area (Å²) in [5, 5.41) is 2.37. The lowest BCUT2D eigenvalue weighted by Gasteiger charge is -2.33. The standard InChI is InChI=1S/C32H34ClNO2P/c1-35-28-19-12-20-29(36-2)32(28)26-17-8-11-22-31(26)37(33,23-13-4-3-5-14-23)30-21-10-7-16-25(30)24-15-6-9-18-27(24)34/h6-12,15-23H,3-5,13-14,34H2,1-2H3/q+1. The maximum Gasteiger partial charge on any atom is 0.182 e. The van der Waals surface area contributed by atoms with Gasteiger partial charge < -0.3 is 15.2 Å². The molecule has 1 aliphatic rings. The van der Waals surface area contributed by atoms with Crippen LogP contribution in [0, 0.1) is 0 Å². The van der Waals surface area contributed by atoms with Crippen LogP contribution >= 0.6 is 17.9 Å². The first-order chi connectivity index (χ1) is 18.1. The van der Waals surface area contributed by atoms with Crippen molar-refractivity contribution in [1.82, 2.24) is 0 Å². The summed E-state index contributed by atoms with van der Waals surface area (Å²) < 4.78 is 11.7. The molecule has 2 N–H and O–H groups in total. The molecule has 0 heterocycles. The van der Waals surface area contributed by atoms with Crippen LogP contribution < -0.4 is 25.8 Å². The van der Waals surface area contributed by atoms with E-state index in [1.165, 1.54) is 29.9 Å². The van der Waals surface area contributed by atoms with E-state index in [1.807, 2.05) is 36.4 Å². The molecule has 0 radical (unpaired) electrons. The maximum atomic E-state index is 8.21. The number of benzene rings is 4. The second-order valence-corrected chi connectivity index (χ2v) is 14.2. The van der Waals surface area contributed by atoms with Crippen LogP contribution in [0.4, 0.5) is 5.69 Å². The summed E-state index contributed by atoms with van der Waals surface area (Å²) >= 11 is 8.21. The Morgan fingerprint density at radius 2 is 1.16 bits per heavy atom. The highest BCUT2D eigenvalue weighted by atomic mass is 35.7. The van der Waals surface area contributed by atoms with Gasteiger partial charge in [-0.05, 0) is 56.0 Å². The van der Waals surface area contributed by atoms with Crippen LogP contribution in [0.3, 0.4) is 0 Å². The van der Waals surface area contributed by atoms with Crippen molar-refractivity contribution in [2.45, 2.75) is 37.8 Å². The number of methoxy groups -OCH3 is 2. The van der Waals surface area contributed by atoms with E-state index in [0.29, 0.717) is 5.66 Å². The molecule has 1 aliphatic carbocycles. The first-order valence-electron chi connectivity index (χ1n) is 12.9. The summed E-state index contributed by atoms with van der Waals surface area (Å²) in [4.78, 5) is 0. The highest BCUT2D eigenvalue weighted by Gasteiger charge is 2.53. The van der Waals surface area contributed by atoms with Crippen LogP contribution in [-0.4, -0.2) is 19.9 Å². The van der Waals surface area contributed by atoms with Crippen LogP contribution in [-0.2, 0) is 0 Å². The third-order valence-corrected chi connectivity index (χ3v) is 13.2. The molecule has 0 bridgehead atoms. The Balaban J connectivity index is 1.82. The lowest BCUT2D eigenvalue weighted by atomic mass is 10.0. The van der Waals surface area contributed by atoms with Gasteiger partial charge in [0.05, 0.1) is 36.7 Å². The van der Waals surface area contributed by atoms with E-state index in [-0.39, 0.29) is 0 Å². The van der Waals surface area contributed by atoms with E-state index >= 15 is 0 Å². The predicted molar refractivity (Wildman–Crippen MR) is 160 cm³/mol. The summed E-state index contributed by atoms with van der Waals surface area (Å²) in [6.45, 7) is -2.43. The van der Waals surface area contributed by atoms with Crippen LogP contribution in [0.2, 0.25) is 0 Å². The van der Waals surface area contributed by atoms with Crippen LogP contribution in [0.1, 0.15) is 32.1 Å². The van der Waals surface area contributed by atoms with Crippen molar-refractivity contribution in [1.29, 1.82) is 0 Å². The molecule has 3 nitrogen and oxygen atoms in total. The number of hydrogen-bond acceptors (Lipinski definition) is 3. The average Bonchev–Trinajstić information content (AvgIpc) is 2.97. The highest BCUT2D eigenvalue weighted by molar-refractivity contribution is 8.10. The summed E-state index contributed by atoms with van der Waals surface area (Å²) in [6, 6.07) is 31.2. The second kappa shape index (κ2) is 11.2. The van der Waals surface area contributed by atoms with E-state index in [0.717, 1.165) is 52.3 Å². The molecule has 0 aromatic heterocycles. The zero-order chi connectivity index (χ0) is 25.8. The van der Waals surface area contributed by atoms with E-state index in [1.54, 1.807) is 14.2 Å². The van der Waals surface area contributed by atoms with Crippen molar-refractivity contribution in [2.24, 2.45) is 0 Å². The molecule has 1 atom stereocenters. The minimum Gasteiger partial charge on any atom is -0.496 e. The molecule has 5 rings (SSSR count). The SMILES string of the molecule is COc1cccc(OC)c1-c1ccccc1[P+](Cl)(c1ccccc1-c1ccccc1N)C1CCCCC1. The zero-order valence-electron chi connectivity index (χ0n) is 21.5. The summed E-state index contributed by atoms with van der Waals surface area (Å²) in [7, 11) is 3.41. The predicted octanol–water partition coefficient (Wildman–Crippen LogP) is 8.07. The third-order valence-electron chi connectivity index (χ3n) is 7.54. The molecular weight excluding hydrogens is 497 g/mol. The minimum atomic E-state index is -2.43. The molecule has 5 heteroatoms. The number of hydrogen-bond donors (Lipinski definition) is 1. The van der Waals surface area contributed by atoms with Crippen molar-refractivity contribution in [3.8, 4) is 33.8 Å². The van der Waals surface area contributed by atoms with Crippen LogP contribution in [0.25, 0.3) is 22.3 Å². The molecule has 1 fully saturated rings. The largest absolute Gasteiger partial charge is 0.496 e. The number of ether oxygens (including phenoxy) is 2. The van der Waals surface area contributed by atoms with E-state index < -0.39 is 6.62 Å². The number of nitrogen functional groups attached to an aromatic ring is 1. The van der Waals surface area contributed by atoms with E-state index in [9.17, 15) is 0 Å². The van der Waals surface area contributed by atoms with Gasteiger partial charge in [-0.15, -0.1) is 0 Å². The van der Waals surface area contributed by atoms with E-state index in [2.05, 4.69) is 54.6 Å². The van der Waals surface area contributed by atoms with Gasteiger partial charge in [-0.3, -0.25) is 0 Å². The maximum absolute atomic E-state index is 8.21. The number of nitrogens with two attached hydrogens (primary N) is 1. The van der Waals surface area contributed by atoms with Crippen LogP contribution in [0.5, 0.6) is 11.5 Å². The molecule has 0 spiro atoms. The second-order valence-electron chi connectivity index (χ2n) is 9.59. The normalized spacial score (nSPS) is 15.6. The van der Waals surface area contributed by atoms with Gasteiger partial charge in [-0.1, -0.05) is 67.1 Å². The first kappa shape index (κ1) is 25.6. The van der Waals surface area contributed by atoms with Gasteiger partial charge in [0, 0.05) is 22.4 Å². The average molecular weight is 531 g/mol. The lowest BCUT2D eigenvalue weighted by molar-refractivity contribution is 0.397. The number of para-hydroxylation sites is 1. The fourth-order valence-electron chi connectivity index (χ4n) is 5.77. The van der Waals surface area contributed by atoms with Crippen molar-refractivity contribution in [3.63, 3.8) is 0 Å². The van der Waals surface area contributed by atoms with Crippen molar-refractivity contribution >= 4 is 34.2 Å². The zero-order valence-corrected chi connectivity index (χ0v) is 23.1. The van der Waals surface area contributed by atoms with Gasteiger partial charge in [0.2, 0.25) is 0 Å². The Bertz CT molecular complexity index is 1360. The van der Waals surface area contributed by atoms with Gasteiger partial charge in [-0.25, -0.2) is 0 Å². The Morgan fingerprint density at radius 3 is 1.76 bits per heavy atom. The van der Waals surface area contributed by atoms with Gasteiger partial charge >= 0.3 is 0 Å². The van der Waals surface area contributed by atoms with Crippen LogP contribution in [0.15, 0.2) is 91.0 Å². The molecule has 0 aliphatic heterocycles. The first-order valence-corrected chi connectivity index (χ1v) is 15.7. The Morgan fingerprint density at radius 1 is 0.649 bits per heavy atom. The van der Waals surface area contributed by atoms with Gasteiger partial charge in [0.25, 0.3) is 0 Å². The quantitative estimate of drug-likeness (QED) is 0.194. The Hall–Kier alpha value is -3.00. The molecule has 190 valence electrons. The molecule has 4 aromatic carbocycles. The van der Waals surface area contributed by atoms with Crippen molar-refractivity contribution in [2.75, 3.05) is 20.0 Å². The number of anilines is 1. The topological polar surface area (TPSA) is 44.5 Å². The summed E-state index contributed by atoms with van der Waals surface area (Å²) in [6.07, 6.45) is 5.91. The third kappa shape index (κ3) is 4.72. The molecule has 1 unspecified atom stereocenters. The fourth-order valence-corrected chi connectivity index (χ4v) is 11.1. The molecule has 37 heavy (non-hydrogen) atoms. The Kier molecular flexibility index (Phi) is 7.74. The van der Waals surface area contributed by atoms with E-state index in [4.69, 9.17) is 26.4 Å². The van der Waals surface area contributed by atoms with Gasteiger partial charge in [-0.2, -0.15) is 0 Å².